The molecule has 3 aromatic rings. The molecule has 2 amide bonds. The second kappa shape index (κ2) is 11.0. The van der Waals surface area contributed by atoms with Gasteiger partial charge in [-0.25, -0.2) is 13.8 Å². The number of halogens is 3. The molecule has 2 fully saturated rings. The SMILES string of the molecule is COc1cc(C(=O)NC[C@H](c2cc3c(c(-c4ccc(F)cc4Cl)n2)OC[C@]3(C)C(N)=O)C2(F)CC2)cc(C=NC2CC2)c1N. The maximum Gasteiger partial charge on any atom is 0.251 e. The van der Waals surface area contributed by atoms with Crippen molar-refractivity contribution in [3.63, 3.8) is 0 Å². The minimum Gasteiger partial charge on any atom is -0.495 e. The van der Waals surface area contributed by atoms with Crippen LogP contribution < -0.4 is 26.3 Å². The Kier molecular flexibility index (Phi) is 7.47. The van der Waals surface area contributed by atoms with Gasteiger partial charge in [0.05, 0.1) is 29.8 Å². The number of nitrogen functional groups attached to an aromatic ring is 1. The van der Waals surface area contributed by atoms with E-state index in [2.05, 4.69) is 10.3 Å². The van der Waals surface area contributed by atoms with E-state index in [1.165, 1.54) is 25.3 Å². The number of amides is 2. The first-order valence-electron chi connectivity index (χ1n) is 14.3. The molecule has 2 atom stereocenters. The Labute approximate surface area is 258 Å². The number of fused-ring (bicyclic) bond motifs is 1. The highest BCUT2D eigenvalue weighted by molar-refractivity contribution is 6.33. The number of methoxy groups -OCH3 is 1. The molecule has 230 valence electrons. The van der Waals surface area contributed by atoms with E-state index >= 15 is 4.39 Å². The Morgan fingerprint density at radius 3 is 2.66 bits per heavy atom. The molecule has 0 unspecified atom stereocenters. The molecule has 2 heterocycles. The largest absolute Gasteiger partial charge is 0.495 e. The number of carbonyl (C=O) groups excluding carboxylic acids is 2. The first kappa shape index (κ1) is 29.8. The summed E-state index contributed by atoms with van der Waals surface area (Å²) in [5, 5.41) is 2.92. The standard InChI is InChI=1S/C32H32ClF2N5O4/c1-31(30(37)42)15-44-28-21(31)12-24(40-27(28)20-6-3-18(34)11-23(20)33)22(32(35)7-8-32)14-39-29(41)16-9-17(13-38-19-4-5-19)26(36)25(10-16)43-2/h3,6,9-13,19,22H,4-5,7-8,14-15,36H2,1-2H3,(H2,37,42)(H,39,41)/t22-,31+/m1/s1. The van der Waals surface area contributed by atoms with E-state index < -0.39 is 34.6 Å². The lowest BCUT2D eigenvalue weighted by atomic mass is 9.82. The van der Waals surface area contributed by atoms with Crippen LogP contribution in [0.15, 0.2) is 41.4 Å². The van der Waals surface area contributed by atoms with Gasteiger partial charge in [-0.3, -0.25) is 14.6 Å². The zero-order chi connectivity index (χ0) is 31.4. The number of benzene rings is 2. The number of nitrogens with two attached hydrogens (primary N) is 2. The van der Waals surface area contributed by atoms with Crippen LogP contribution in [-0.2, 0) is 10.2 Å². The molecule has 0 spiro atoms. The summed E-state index contributed by atoms with van der Waals surface area (Å²) in [6.07, 6.45) is 4.19. The van der Waals surface area contributed by atoms with Crippen molar-refractivity contribution in [3.8, 4) is 22.8 Å². The first-order chi connectivity index (χ1) is 20.9. The van der Waals surface area contributed by atoms with Crippen LogP contribution in [0.1, 0.15) is 65.7 Å². The molecule has 0 radical (unpaired) electrons. The number of hydrogen-bond acceptors (Lipinski definition) is 7. The summed E-state index contributed by atoms with van der Waals surface area (Å²) in [6, 6.07) is 8.83. The van der Waals surface area contributed by atoms with E-state index in [0.717, 1.165) is 18.9 Å². The fourth-order valence-corrected chi connectivity index (χ4v) is 5.69. The normalized spacial score (nSPS) is 20.6. The van der Waals surface area contributed by atoms with Gasteiger partial charge in [0.25, 0.3) is 5.91 Å². The average Bonchev–Trinajstić information content (AvgIpc) is 3.92. The summed E-state index contributed by atoms with van der Waals surface area (Å²) in [5.41, 5.74) is 11.6. The summed E-state index contributed by atoms with van der Waals surface area (Å²) < 4.78 is 41.3. The Hall–Kier alpha value is -4.25. The molecule has 12 heteroatoms. The van der Waals surface area contributed by atoms with Crippen LogP contribution in [0.4, 0.5) is 14.5 Å². The maximum absolute atomic E-state index is 16.0. The number of alkyl halides is 1. The van der Waals surface area contributed by atoms with Crippen molar-refractivity contribution in [2.24, 2.45) is 10.7 Å². The number of pyridine rings is 1. The quantitative estimate of drug-likeness (QED) is 0.217. The van der Waals surface area contributed by atoms with Crippen molar-refractivity contribution >= 4 is 35.3 Å². The molecule has 1 aromatic heterocycles. The number of primary amides is 1. The summed E-state index contributed by atoms with van der Waals surface area (Å²) in [4.78, 5) is 35.2. The zero-order valence-corrected chi connectivity index (χ0v) is 25.0. The number of nitrogens with zero attached hydrogens (tertiary/aromatic N) is 2. The zero-order valence-electron chi connectivity index (χ0n) is 24.3. The highest BCUT2D eigenvalue weighted by atomic mass is 35.5. The van der Waals surface area contributed by atoms with Gasteiger partial charge >= 0.3 is 0 Å². The van der Waals surface area contributed by atoms with Gasteiger partial charge < -0.3 is 26.3 Å². The van der Waals surface area contributed by atoms with Gasteiger partial charge in [0.15, 0.2) is 0 Å². The van der Waals surface area contributed by atoms with Gasteiger partial charge in [-0.15, -0.1) is 0 Å². The molecule has 0 saturated heterocycles. The van der Waals surface area contributed by atoms with E-state index in [-0.39, 0.29) is 59.8 Å². The number of anilines is 1. The van der Waals surface area contributed by atoms with Gasteiger partial charge in [-0.05, 0) is 69.0 Å². The molecule has 2 aromatic carbocycles. The average molecular weight is 624 g/mol. The van der Waals surface area contributed by atoms with Crippen molar-refractivity contribution in [3.05, 3.63) is 69.6 Å². The fraction of sp³-hybridized carbons (Fsp3) is 0.375. The molecule has 0 bridgehead atoms. The molecule has 1 aliphatic heterocycles. The second-order valence-electron chi connectivity index (χ2n) is 11.9. The Morgan fingerprint density at radius 1 is 1.27 bits per heavy atom. The van der Waals surface area contributed by atoms with Crippen LogP contribution in [0.5, 0.6) is 11.5 Å². The van der Waals surface area contributed by atoms with Crippen LogP contribution in [0.3, 0.4) is 0 Å². The third-order valence-electron chi connectivity index (χ3n) is 8.63. The smallest absolute Gasteiger partial charge is 0.251 e. The number of hydrogen-bond donors (Lipinski definition) is 3. The van der Waals surface area contributed by atoms with Crippen LogP contribution in [-0.4, -0.2) is 55.0 Å². The van der Waals surface area contributed by atoms with Crippen LogP contribution >= 0.6 is 11.6 Å². The van der Waals surface area contributed by atoms with E-state index in [0.29, 0.717) is 28.1 Å². The molecule has 44 heavy (non-hydrogen) atoms. The van der Waals surface area contributed by atoms with E-state index in [4.69, 9.17) is 37.5 Å². The van der Waals surface area contributed by atoms with Crippen molar-refractivity contribution in [2.75, 3.05) is 26.0 Å². The van der Waals surface area contributed by atoms with Gasteiger partial charge in [-0.2, -0.15) is 0 Å². The number of rotatable bonds is 10. The molecule has 3 aliphatic rings. The lowest BCUT2D eigenvalue weighted by molar-refractivity contribution is -0.123. The fourth-order valence-electron chi connectivity index (χ4n) is 5.43. The highest BCUT2D eigenvalue weighted by Crippen LogP contribution is 2.53. The third-order valence-corrected chi connectivity index (χ3v) is 8.94. The predicted molar refractivity (Wildman–Crippen MR) is 163 cm³/mol. The molecule has 2 aliphatic carbocycles. The topological polar surface area (TPSA) is 142 Å². The Morgan fingerprint density at radius 2 is 2.02 bits per heavy atom. The lowest BCUT2D eigenvalue weighted by Gasteiger charge is -2.24. The summed E-state index contributed by atoms with van der Waals surface area (Å²) in [7, 11) is 1.46. The van der Waals surface area contributed by atoms with E-state index in [1.54, 1.807) is 25.3 Å². The molecule has 6 rings (SSSR count). The molecule has 2 saturated carbocycles. The second-order valence-corrected chi connectivity index (χ2v) is 12.3. The first-order valence-corrected chi connectivity index (χ1v) is 14.7. The number of carbonyl (C=O) groups is 2. The van der Waals surface area contributed by atoms with Crippen molar-refractivity contribution in [1.82, 2.24) is 10.3 Å². The molecular weight excluding hydrogens is 592 g/mol. The van der Waals surface area contributed by atoms with Crippen LogP contribution in [0.2, 0.25) is 5.02 Å². The number of aromatic nitrogens is 1. The summed E-state index contributed by atoms with van der Waals surface area (Å²) >= 11 is 6.41. The highest BCUT2D eigenvalue weighted by Gasteiger charge is 2.53. The Bertz CT molecular complexity index is 1710. The van der Waals surface area contributed by atoms with Crippen molar-refractivity contribution in [2.45, 2.75) is 55.7 Å². The van der Waals surface area contributed by atoms with Crippen LogP contribution in [0.25, 0.3) is 11.3 Å². The van der Waals surface area contributed by atoms with E-state index in [1.807, 2.05) is 0 Å². The summed E-state index contributed by atoms with van der Waals surface area (Å²) in [5.74, 6) is -1.94. The van der Waals surface area contributed by atoms with Gasteiger partial charge in [0, 0.05) is 40.7 Å². The number of nitrogens with one attached hydrogen (secondary N) is 1. The summed E-state index contributed by atoms with van der Waals surface area (Å²) in [6.45, 7) is 1.48. The maximum atomic E-state index is 16.0. The lowest BCUT2D eigenvalue weighted by Crippen LogP contribution is -2.40. The minimum absolute atomic E-state index is 0.0534. The van der Waals surface area contributed by atoms with E-state index in [9.17, 15) is 14.0 Å². The minimum atomic E-state index is -1.65. The molecular formula is C32H32ClF2N5O4. The predicted octanol–water partition coefficient (Wildman–Crippen LogP) is 4.86. The monoisotopic (exact) mass is 623 g/mol. The van der Waals surface area contributed by atoms with Crippen LogP contribution in [0, 0.1) is 5.82 Å². The third kappa shape index (κ3) is 5.45. The number of aliphatic imine (C=N–C) groups is 1. The van der Waals surface area contributed by atoms with Crippen molar-refractivity contribution in [1.29, 1.82) is 0 Å². The Balaban J connectivity index is 1.37. The van der Waals surface area contributed by atoms with Gasteiger partial charge in [0.1, 0.15) is 40.7 Å². The van der Waals surface area contributed by atoms with Crippen molar-refractivity contribution < 1.29 is 27.8 Å². The van der Waals surface area contributed by atoms with Gasteiger partial charge in [0.2, 0.25) is 5.91 Å². The molecule has 5 N–H and O–H groups in total. The molecule has 9 nitrogen and oxygen atoms in total. The number of ether oxygens (including phenoxy) is 2. The van der Waals surface area contributed by atoms with Gasteiger partial charge in [-0.1, -0.05) is 11.6 Å².